The van der Waals surface area contributed by atoms with Gasteiger partial charge in [0.2, 0.25) is 0 Å². The van der Waals surface area contributed by atoms with Gasteiger partial charge < -0.3 is 9.84 Å². The van der Waals surface area contributed by atoms with E-state index in [4.69, 9.17) is 14.6 Å². The Balaban J connectivity index is 0.000000360. The second-order valence-electron chi connectivity index (χ2n) is 8.26. The molecule has 0 spiro atoms. The highest BCUT2D eigenvalue weighted by Gasteiger charge is 2.38. The van der Waals surface area contributed by atoms with E-state index < -0.39 is 12.1 Å². The molecule has 0 radical (unpaired) electrons. The topological polar surface area (TPSA) is 49.8 Å². The summed E-state index contributed by atoms with van der Waals surface area (Å²) in [5, 5.41) is 7.12. The van der Waals surface area contributed by atoms with Crippen molar-refractivity contribution in [2.24, 2.45) is 5.92 Å². The fourth-order valence-corrected chi connectivity index (χ4v) is 3.76. The third-order valence-corrected chi connectivity index (χ3v) is 5.67. The van der Waals surface area contributed by atoms with Crippen LogP contribution < -0.4 is 0 Å². The summed E-state index contributed by atoms with van der Waals surface area (Å²) >= 11 is 0. The molecular formula is C24H27F4NO3. The number of carbonyl (C=O) groups is 1. The first-order chi connectivity index (χ1) is 15.2. The average Bonchev–Trinajstić information content (AvgIpc) is 3.51. The SMILES string of the molecule is Fc1ccc(CN2CC[C@@H](OCC3CC3)[C@@H]2Cc2ccccc2)cc1.O=C(O)C(F)(F)F. The van der Waals surface area contributed by atoms with E-state index in [9.17, 15) is 17.6 Å². The summed E-state index contributed by atoms with van der Waals surface area (Å²) in [7, 11) is 0. The molecule has 4 rings (SSSR count). The van der Waals surface area contributed by atoms with Gasteiger partial charge >= 0.3 is 12.1 Å². The van der Waals surface area contributed by atoms with Crippen LogP contribution in [-0.2, 0) is 22.5 Å². The molecule has 174 valence electrons. The summed E-state index contributed by atoms with van der Waals surface area (Å²) in [6.45, 7) is 2.83. The lowest BCUT2D eigenvalue weighted by Gasteiger charge is -2.28. The zero-order valence-electron chi connectivity index (χ0n) is 17.6. The van der Waals surface area contributed by atoms with Gasteiger partial charge in [0.25, 0.3) is 0 Å². The molecule has 4 nitrogen and oxygen atoms in total. The molecule has 1 aliphatic heterocycles. The number of carboxylic acid groups (broad SMARTS) is 1. The summed E-state index contributed by atoms with van der Waals surface area (Å²) in [4.78, 5) is 11.4. The Morgan fingerprint density at radius 3 is 2.19 bits per heavy atom. The van der Waals surface area contributed by atoms with Crippen LogP contribution in [0.15, 0.2) is 54.6 Å². The van der Waals surface area contributed by atoms with Crippen LogP contribution in [-0.4, -0.2) is 47.4 Å². The maximum atomic E-state index is 13.2. The van der Waals surface area contributed by atoms with E-state index in [0.29, 0.717) is 12.1 Å². The van der Waals surface area contributed by atoms with E-state index in [0.717, 1.165) is 38.5 Å². The number of likely N-dealkylation sites (tertiary alicyclic amines) is 1. The van der Waals surface area contributed by atoms with E-state index in [1.54, 1.807) is 12.1 Å². The molecule has 2 aromatic carbocycles. The van der Waals surface area contributed by atoms with Gasteiger partial charge in [0.1, 0.15) is 5.82 Å². The van der Waals surface area contributed by atoms with Crippen molar-refractivity contribution in [1.29, 1.82) is 0 Å². The lowest BCUT2D eigenvalue weighted by molar-refractivity contribution is -0.192. The van der Waals surface area contributed by atoms with Gasteiger partial charge in [-0.2, -0.15) is 13.2 Å². The molecule has 1 aliphatic carbocycles. The third-order valence-electron chi connectivity index (χ3n) is 5.67. The number of hydrogen-bond donors (Lipinski definition) is 1. The Bertz CT molecular complexity index is 854. The number of aliphatic carboxylic acids is 1. The molecule has 2 atom stereocenters. The monoisotopic (exact) mass is 453 g/mol. The fraction of sp³-hybridized carbons (Fsp3) is 0.458. The second-order valence-corrected chi connectivity index (χ2v) is 8.26. The minimum atomic E-state index is -5.08. The van der Waals surface area contributed by atoms with Crippen LogP contribution in [0.2, 0.25) is 0 Å². The van der Waals surface area contributed by atoms with Crippen molar-refractivity contribution in [2.45, 2.75) is 50.6 Å². The van der Waals surface area contributed by atoms with Crippen LogP contribution in [0.25, 0.3) is 0 Å². The van der Waals surface area contributed by atoms with Crippen molar-refractivity contribution in [2.75, 3.05) is 13.2 Å². The summed E-state index contributed by atoms with van der Waals surface area (Å²) < 4.78 is 51.2. The van der Waals surface area contributed by atoms with Gasteiger partial charge in [-0.05, 0) is 54.9 Å². The third kappa shape index (κ3) is 7.60. The molecular weight excluding hydrogens is 426 g/mol. The lowest BCUT2D eigenvalue weighted by atomic mass is 10.0. The Morgan fingerprint density at radius 1 is 1.00 bits per heavy atom. The molecule has 8 heteroatoms. The Hall–Kier alpha value is -2.45. The van der Waals surface area contributed by atoms with Crippen LogP contribution in [0.1, 0.15) is 30.4 Å². The highest BCUT2D eigenvalue weighted by atomic mass is 19.4. The maximum absolute atomic E-state index is 13.2. The summed E-state index contributed by atoms with van der Waals surface area (Å²) in [6, 6.07) is 18.0. The van der Waals surface area contributed by atoms with Crippen LogP contribution in [0.3, 0.4) is 0 Å². The number of halogens is 4. The predicted octanol–water partition coefficient (Wildman–Crippen LogP) is 5.07. The first-order valence-electron chi connectivity index (χ1n) is 10.7. The van der Waals surface area contributed by atoms with Crippen molar-refractivity contribution in [3.8, 4) is 0 Å². The highest BCUT2D eigenvalue weighted by Crippen LogP contribution is 2.32. The quantitative estimate of drug-likeness (QED) is 0.595. The lowest BCUT2D eigenvalue weighted by Crippen LogP contribution is -2.38. The molecule has 1 saturated carbocycles. The predicted molar refractivity (Wildman–Crippen MR) is 112 cm³/mol. The zero-order chi connectivity index (χ0) is 23.1. The molecule has 32 heavy (non-hydrogen) atoms. The smallest absolute Gasteiger partial charge is 0.475 e. The molecule has 0 bridgehead atoms. The normalized spacial score (nSPS) is 21.1. The molecule has 1 N–H and O–H groups in total. The number of benzene rings is 2. The number of rotatable bonds is 7. The largest absolute Gasteiger partial charge is 0.490 e. The second kappa shape index (κ2) is 10.9. The summed E-state index contributed by atoms with van der Waals surface area (Å²) in [5.41, 5.74) is 2.53. The van der Waals surface area contributed by atoms with Crippen LogP contribution in [0.4, 0.5) is 17.6 Å². The minimum absolute atomic E-state index is 0.170. The number of carboxylic acids is 1. The van der Waals surface area contributed by atoms with Crippen molar-refractivity contribution in [3.63, 3.8) is 0 Å². The van der Waals surface area contributed by atoms with Crippen molar-refractivity contribution in [3.05, 3.63) is 71.5 Å². The van der Waals surface area contributed by atoms with Gasteiger partial charge in [-0.1, -0.05) is 42.5 Å². The fourth-order valence-electron chi connectivity index (χ4n) is 3.76. The van der Waals surface area contributed by atoms with Crippen molar-refractivity contribution in [1.82, 2.24) is 4.90 Å². The highest BCUT2D eigenvalue weighted by molar-refractivity contribution is 5.73. The van der Waals surface area contributed by atoms with Crippen LogP contribution in [0, 0.1) is 11.7 Å². The number of hydrogen-bond acceptors (Lipinski definition) is 3. The number of alkyl halides is 3. The van der Waals surface area contributed by atoms with Crippen LogP contribution >= 0.6 is 0 Å². The zero-order valence-corrected chi connectivity index (χ0v) is 17.6. The summed E-state index contributed by atoms with van der Waals surface area (Å²) in [5.74, 6) is -2.13. The molecule has 1 heterocycles. The Morgan fingerprint density at radius 2 is 1.62 bits per heavy atom. The van der Waals surface area contributed by atoms with Gasteiger partial charge in [-0.3, -0.25) is 4.90 Å². The number of ether oxygens (including phenoxy) is 1. The van der Waals surface area contributed by atoms with Crippen molar-refractivity contribution >= 4 is 5.97 Å². The summed E-state index contributed by atoms with van der Waals surface area (Å²) in [6.07, 6.45) is -0.0192. The van der Waals surface area contributed by atoms with E-state index in [-0.39, 0.29) is 5.82 Å². The van der Waals surface area contributed by atoms with Crippen LogP contribution in [0.5, 0.6) is 0 Å². The van der Waals surface area contributed by atoms with Gasteiger partial charge in [-0.25, -0.2) is 9.18 Å². The van der Waals surface area contributed by atoms with Gasteiger partial charge in [-0.15, -0.1) is 0 Å². The average molecular weight is 453 g/mol. The standard InChI is InChI=1S/C22H26FNO.C2HF3O2/c23-20-10-8-18(9-11-20)15-24-13-12-22(25-16-19-6-7-19)21(24)14-17-4-2-1-3-5-17;3-2(4,5)1(6)7/h1-5,8-11,19,21-22H,6-7,12-16H2;(H,6,7)/t21-,22+;/m0./s1. The van der Waals surface area contributed by atoms with E-state index in [2.05, 4.69) is 35.2 Å². The first kappa shape index (κ1) is 24.2. The molecule has 2 aliphatic rings. The van der Waals surface area contributed by atoms with E-state index in [1.807, 2.05) is 12.1 Å². The van der Waals surface area contributed by atoms with E-state index in [1.165, 1.54) is 24.0 Å². The van der Waals surface area contributed by atoms with E-state index >= 15 is 0 Å². The molecule has 2 fully saturated rings. The van der Waals surface area contributed by atoms with Gasteiger partial charge in [0.15, 0.2) is 0 Å². The minimum Gasteiger partial charge on any atom is -0.475 e. The Labute approximate surface area is 184 Å². The molecule has 0 amide bonds. The molecule has 0 aromatic heterocycles. The molecule has 2 aromatic rings. The molecule has 1 saturated heterocycles. The van der Waals surface area contributed by atoms with Crippen molar-refractivity contribution < 1.29 is 32.2 Å². The van der Waals surface area contributed by atoms with Gasteiger partial charge in [0, 0.05) is 25.7 Å². The Kier molecular flexibility index (Phi) is 8.26. The molecule has 0 unspecified atom stereocenters. The maximum Gasteiger partial charge on any atom is 0.490 e. The first-order valence-corrected chi connectivity index (χ1v) is 10.7. The van der Waals surface area contributed by atoms with Gasteiger partial charge in [0.05, 0.1) is 6.10 Å². The number of nitrogens with zero attached hydrogens (tertiary/aromatic N) is 1.